The van der Waals surface area contributed by atoms with Gasteiger partial charge in [-0.05, 0) is 19.0 Å². The van der Waals surface area contributed by atoms with Gasteiger partial charge in [-0.15, -0.1) is 0 Å². The molecule has 0 bridgehead atoms. The van der Waals surface area contributed by atoms with Crippen LogP contribution in [0.5, 0.6) is 5.75 Å². The summed E-state index contributed by atoms with van der Waals surface area (Å²) in [5.41, 5.74) is 6.13. The first-order valence-electron chi connectivity index (χ1n) is 6.44. The zero-order valence-electron chi connectivity index (χ0n) is 11.3. The first-order valence-corrected chi connectivity index (χ1v) is 6.44. The minimum absolute atomic E-state index is 0.0370. The van der Waals surface area contributed by atoms with Crippen molar-refractivity contribution in [2.45, 2.75) is 19.4 Å². The second-order valence-corrected chi connectivity index (χ2v) is 4.32. The van der Waals surface area contributed by atoms with Crippen LogP contribution in [0.1, 0.15) is 18.4 Å². The van der Waals surface area contributed by atoms with Crippen LogP contribution in [0.3, 0.4) is 0 Å². The molecule has 0 aromatic heterocycles. The smallest absolute Gasteiger partial charge is 0.225 e. The molecule has 0 saturated heterocycles. The number of carbonyl (C=O) groups is 1. The van der Waals surface area contributed by atoms with E-state index in [0.29, 0.717) is 31.9 Å². The van der Waals surface area contributed by atoms with Gasteiger partial charge in [-0.2, -0.15) is 0 Å². The van der Waals surface area contributed by atoms with Gasteiger partial charge in [0.1, 0.15) is 5.75 Å². The van der Waals surface area contributed by atoms with E-state index in [1.54, 1.807) is 24.1 Å². The maximum absolute atomic E-state index is 11.7. The molecule has 0 saturated carbocycles. The molecule has 19 heavy (non-hydrogen) atoms. The van der Waals surface area contributed by atoms with E-state index in [1.165, 1.54) is 0 Å². The number of ether oxygens (including phenoxy) is 1. The topological polar surface area (TPSA) is 75.8 Å². The molecule has 0 aliphatic rings. The van der Waals surface area contributed by atoms with Crippen LogP contribution in [-0.4, -0.2) is 42.7 Å². The van der Waals surface area contributed by atoms with Crippen molar-refractivity contribution in [2.75, 3.05) is 26.7 Å². The Kier molecular flexibility index (Phi) is 6.92. The molecule has 0 aliphatic heterocycles. The van der Waals surface area contributed by atoms with Crippen LogP contribution in [0.2, 0.25) is 0 Å². The molecule has 0 atom stereocenters. The van der Waals surface area contributed by atoms with Crippen molar-refractivity contribution < 1.29 is 14.6 Å². The maximum Gasteiger partial charge on any atom is 0.225 e. The lowest BCUT2D eigenvalue weighted by Crippen LogP contribution is -2.30. The summed E-state index contributed by atoms with van der Waals surface area (Å²) in [6, 6.07) is 7.26. The van der Waals surface area contributed by atoms with E-state index in [0.717, 1.165) is 12.0 Å². The second-order valence-electron chi connectivity index (χ2n) is 4.32. The van der Waals surface area contributed by atoms with Gasteiger partial charge >= 0.3 is 0 Å². The summed E-state index contributed by atoms with van der Waals surface area (Å²) < 4.78 is 5.52. The van der Waals surface area contributed by atoms with Crippen LogP contribution in [0.25, 0.3) is 0 Å². The quantitative estimate of drug-likeness (QED) is 0.728. The van der Waals surface area contributed by atoms with Crippen molar-refractivity contribution in [2.24, 2.45) is 5.73 Å². The number of rotatable bonds is 8. The summed E-state index contributed by atoms with van der Waals surface area (Å²) in [6.45, 7) is 1.49. The lowest BCUT2D eigenvalue weighted by Gasteiger charge is -2.17. The number of hydrogen-bond donors (Lipinski definition) is 2. The fourth-order valence-corrected chi connectivity index (χ4v) is 1.67. The van der Waals surface area contributed by atoms with Crippen molar-refractivity contribution in [1.82, 2.24) is 4.90 Å². The largest absolute Gasteiger partial charge is 0.493 e. The number of aliphatic hydroxyl groups excluding tert-OH is 1. The molecule has 5 nitrogen and oxygen atoms in total. The minimum atomic E-state index is -0.0689. The predicted octanol–water partition coefficient (Wildman–Crippen LogP) is 0.755. The SMILES string of the molecule is CN(CCCN)C(=O)CCOc1ccccc1CO. The van der Waals surface area contributed by atoms with Crippen LogP contribution in [0.4, 0.5) is 0 Å². The van der Waals surface area contributed by atoms with Gasteiger partial charge in [-0.3, -0.25) is 4.79 Å². The first-order chi connectivity index (χ1) is 9.19. The molecule has 106 valence electrons. The van der Waals surface area contributed by atoms with E-state index >= 15 is 0 Å². The fourth-order valence-electron chi connectivity index (χ4n) is 1.67. The summed E-state index contributed by atoms with van der Waals surface area (Å²) in [5, 5.41) is 9.15. The molecule has 1 amide bonds. The van der Waals surface area contributed by atoms with Crippen molar-refractivity contribution in [3.05, 3.63) is 29.8 Å². The Balaban J connectivity index is 2.35. The molecule has 0 heterocycles. The highest BCUT2D eigenvalue weighted by molar-refractivity contribution is 5.75. The summed E-state index contributed by atoms with van der Waals surface area (Å²) in [7, 11) is 1.76. The Hall–Kier alpha value is -1.59. The Morgan fingerprint density at radius 2 is 2.16 bits per heavy atom. The molecule has 1 aromatic carbocycles. The predicted molar refractivity (Wildman–Crippen MR) is 73.8 cm³/mol. The third kappa shape index (κ3) is 5.28. The zero-order chi connectivity index (χ0) is 14.1. The summed E-state index contributed by atoms with van der Waals surface area (Å²) in [4.78, 5) is 13.4. The lowest BCUT2D eigenvalue weighted by molar-refractivity contribution is -0.130. The van der Waals surface area contributed by atoms with Crippen molar-refractivity contribution in [1.29, 1.82) is 0 Å². The average Bonchev–Trinajstić information content (AvgIpc) is 2.45. The number of amides is 1. The van der Waals surface area contributed by atoms with Crippen molar-refractivity contribution in [3.8, 4) is 5.75 Å². The number of aliphatic hydroxyl groups is 1. The van der Waals surface area contributed by atoms with E-state index < -0.39 is 0 Å². The molecule has 0 fully saturated rings. The van der Waals surface area contributed by atoms with Crippen molar-refractivity contribution >= 4 is 5.91 Å². The lowest BCUT2D eigenvalue weighted by atomic mass is 10.2. The summed E-state index contributed by atoms with van der Waals surface area (Å²) >= 11 is 0. The van der Waals surface area contributed by atoms with Crippen LogP contribution < -0.4 is 10.5 Å². The average molecular weight is 266 g/mol. The standard InChI is InChI=1S/C14H22N2O3/c1-16(9-4-8-15)14(18)7-10-19-13-6-3-2-5-12(13)11-17/h2-3,5-6,17H,4,7-11,15H2,1H3. The Morgan fingerprint density at radius 3 is 2.84 bits per heavy atom. The Labute approximate surface area is 114 Å². The van der Waals surface area contributed by atoms with Gasteiger partial charge in [0.2, 0.25) is 5.91 Å². The maximum atomic E-state index is 11.7. The van der Waals surface area contributed by atoms with Crippen LogP contribution >= 0.6 is 0 Å². The summed E-state index contributed by atoms with van der Waals surface area (Å²) in [6.07, 6.45) is 1.12. The number of benzene rings is 1. The molecule has 0 aliphatic carbocycles. The van der Waals surface area contributed by atoms with Crippen LogP contribution in [0.15, 0.2) is 24.3 Å². The third-order valence-corrected chi connectivity index (χ3v) is 2.84. The monoisotopic (exact) mass is 266 g/mol. The summed E-state index contributed by atoms with van der Waals surface area (Å²) in [5.74, 6) is 0.664. The fraction of sp³-hybridized carbons (Fsp3) is 0.500. The molecule has 0 radical (unpaired) electrons. The van der Waals surface area contributed by atoms with Gasteiger partial charge in [-0.1, -0.05) is 18.2 Å². The number of hydrogen-bond acceptors (Lipinski definition) is 4. The first kappa shape index (κ1) is 15.5. The molecule has 3 N–H and O–H groups in total. The van der Waals surface area contributed by atoms with E-state index in [-0.39, 0.29) is 12.5 Å². The Bertz CT molecular complexity index is 396. The van der Waals surface area contributed by atoms with Crippen LogP contribution in [0, 0.1) is 0 Å². The van der Waals surface area contributed by atoms with Gasteiger partial charge < -0.3 is 20.5 Å². The highest BCUT2D eigenvalue weighted by atomic mass is 16.5. The van der Waals surface area contributed by atoms with Gasteiger partial charge in [-0.25, -0.2) is 0 Å². The molecular formula is C14H22N2O3. The number of carbonyl (C=O) groups excluding carboxylic acids is 1. The molecule has 0 unspecified atom stereocenters. The van der Waals surface area contributed by atoms with E-state index in [2.05, 4.69) is 0 Å². The molecule has 5 heteroatoms. The highest BCUT2D eigenvalue weighted by Crippen LogP contribution is 2.17. The number of nitrogens with zero attached hydrogens (tertiary/aromatic N) is 1. The number of nitrogens with two attached hydrogens (primary N) is 1. The van der Waals surface area contributed by atoms with Gasteiger partial charge in [0.05, 0.1) is 19.6 Å². The molecule has 1 rings (SSSR count). The zero-order valence-corrected chi connectivity index (χ0v) is 11.3. The van der Waals surface area contributed by atoms with Gasteiger partial charge in [0.15, 0.2) is 0 Å². The minimum Gasteiger partial charge on any atom is -0.493 e. The highest BCUT2D eigenvalue weighted by Gasteiger charge is 2.09. The van der Waals surface area contributed by atoms with E-state index in [4.69, 9.17) is 15.6 Å². The van der Waals surface area contributed by atoms with Gasteiger partial charge in [0, 0.05) is 19.2 Å². The molecule has 0 spiro atoms. The third-order valence-electron chi connectivity index (χ3n) is 2.84. The van der Waals surface area contributed by atoms with Crippen molar-refractivity contribution in [3.63, 3.8) is 0 Å². The van der Waals surface area contributed by atoms with Gasteiger partial charge in [0.25, 0.3) is 0 Å². The normalized spacial score (nSPS) is 10.3. The molecule has 1 aromatic rings. The van der Waals surface area contributed by atoms with E-state index in [9.17, 15) is 4.79 Å². The second kappa shape index (κ2) is 8.50. The van der Waals surface area contributed by atoms with E-state index in [1.807, 2.05) is 12.1 Å². The molecular weight excluding hydrogens is 244 g/mol. The number of para-hydroxylation sites is 1. The Morgan fingerprint density at radius 1 is 1.42 bits per heavy atom. The van der Waals surface area contributed by atoms with Crippen LogP contribution in [-0.2, 0) is 11.4 Å².